The van der Waals surface area contributed by atoms with Gasteiger partial charge in [-0.05, 0) is 29.7 Å². The minimum Gasteiger partial charge on any atom is -0.356 e. The summed E-state index contributed by atoms with van der Waals surface area (Å²) in [7, 11) is 5.31. The maximum atomic E-state index is 12.1. The molecule has 150 valence electrons. The second kappa shape index (κ2) is 9.93. The van der Waals surface area contributed by atoms with E-state index in [1.807, 2.05) is 30.3 Å². The molecule has 2 aromatic rings. The van der Waals surface area contributed by atoms with Gasteiger partial charge < -0.3 is 15.5 Å². The van der Waals surface area contributed by atoms with E-state index in [0.717, 1.165) is 36.6 Å². The van der Waals surface area contributed by atoms with Crippen molar-refractivity contribution in [1.82, 2.24) is 15.5 Å². The minimum atomic E-state index is -0.000246. The molecular formula is C23H32N4O. The summed E-state index contributed by atoms with van der Waals surface area (Å²) in [6.45, 7) is 5.96. The predicted molar refractivity (Wildman–Crippen MR) is 117 cm³/mol. The van der Waals surface area contributed by atoms with Gasteiger partial charge in [0, 0.05) is 45.2 Å². The largest absolute Gasteiger partial charge is 0.356 e. The summed E-state index contributed by atoms with van der Waals surface area (Å²) in [5.41, 5.74) is 3.13. The summed E-state index contributed by atoms with van der Waals surface area (Å²) >= 11 is 0. The Bertz CT molecular complexity index is 797. The van der Waals surface area contributed by atoms with Gasteiger partial charge in [0.1, 0.15) is 0 Å². The lowest BCUT2D eigenvalue weighted by atomic mass is 9.85. The summed E-state index contributed by atoms with van der Waals surface area (Å²) in [6.07, 6.45) is 0.817. The van der Waals surface area contributed by atoms with E-state index in [0.29, 0.717) is 0 Å². The fraction of sp³-hybridized carbons (Fsp3) is 0.391. The first-order chi connectivity index (χ1) is 13.3. The van der Waals surface area contributed by atoms with Gasteiger partial charge in [0.05, 0.1) is 0 Å². The van der Waals surface area contributed by atoms with Crippen LogP contribution in [0.15, 0.2) is 59.6 Å². The third-order valence-corrected chi connectivity index (χ3v) is 4.76. The molecule has 0 aliphatic carbocycles. The number of aliphatic imine (C=N–C) groups is 1. The number of benzene rings is 2. The first kappa shape index (κ1) is 21.5. The Hall–Kier alpha value is -2.82. The van der Waals surface area contributed by atoms with Crippen LogP contribution in [0.3, 0.4) is 0 Å². The zero-order valence-electron chi connectivity index (χ0n) is 17.6. The molecule has 0 bridgehead atoms. The molecule has 0 saturated carbocycles. The average molecular weight is 381 g/mol. The van der Waals surface area contributed by atoms with Crippen LogP contribution in [0.5, 0.6) is 0 Å². The fourth-order valence-electron chi connectivity index (χ4n) is 2.96. The first-order valence-corrected chi connectivity index (χ1v) is 9.64. The number of carbonyl (C=O) groups excluding carboxylic acids is 1. The molecule has 0 saturated heterocycles. The van der Waals surface area contributed by atoms with Gasteiger partial charge in [0.2, 0.25) is 0 Å². The van der Waals surface area contributed by atoms with E-state index in [1.165, 1.54) is 5.56 Å². The third kappa shape index (κ3) is 6.12. The Morgan fingerprint density at radius 1 is 1.04 bits per heavy atom. The Morgan fingerprint density at radius 2 is 1.75 bits per heavy atom. The van der Waals surface area contributed by atoms with Crippen molar-refractivity contribution < 1.29 is 4.79 Å². The highest BCUT2D eigenvalue weighted by Gasteiger charge is 2.20. The number of carbonyl (C=O) groups is 1. The van der Waals surface area contributed by atoms with E-state index >= 15 is 0 Å². The van der Waals surface area contributed by atoms with Gasteiger partial charge in [0.25, 0.3) is 5.91 Å². The maximum absolute atomic E-state index is 12.1. The molecule has 0 unspecified atom stereocenters. The van der Waals surface area contributed by atoms with Crippen LogP contribution in [0.1, 0.15) is 35.3 Å². The summed E-state index contributed by atoms with van der Waals surface area (Å²) < 4.78 is 0. The van der Waals surface area contributed by atoms with Gasteiger partial charge in [-0.3, -0.25) is 9.79 Å². The number of hydrogen-bond acceptors (Lipinski definition) is 2. The second-order valence-corrected chi connectivity index (χ2v) is 7.75. The van der Waals surface area contributed by atoms with Gasteiger partial charge in [-0.1, -0.05) is 56.3 Å². The average Bonchev–Trinajstić information content (AvgIpc) is 2.70. The normalized spacial score (nSPS) is 11.8. The molecule has 2 rings (SSSR count). The Balaban J connectivity index is 1.86. The highest BCUT2D eigenvalue weighted by Crippen LogP contribution is 2.21. The predicted octanol–water partition coefficient (Wildman–Crippen LogP) is 3.07. The van der Waals surface area contributed by atoms with Crippen LogP contribution in [0.4, 0.5) is 0 Å². The molecule has 0 atom stereocenters. The van der Waals surface area contributed by atoms with Crippen molar-refractivity contribution in [1.29, 1.82) is 0 Å². The lowest BCUT2D eigenvalue weighted by Crippen LogP contribution is -2.44. The van der Waals surface area contributed by atoms with E-state index in [-0.39, 0.29) is 11.3 Å². The SMILES string of the molecule is CN=C(NCCc1cccc(C(=O)N(C)C)c1)NCC(C)(C)c1ccccc1. The summed E-state index contributed by atoms with van der Waals surface area (Å²) in [6, 6.07) is 18.3. The highest BCUT2D eigenvalue weighted by molar-refractivity contribution is 5.94. The molecule has 5 nitrogen and oxygen atoms in total. The second-order valence-electron chi connectivity index (χ2n) is 7.75. The highest BCUT2D eigenvalue weighted by atomic mass is 16.2. The van der Waals surface area contributed by atoms with E-state index in [9.17, 15) is 4.79 Å². The maximum Gasteiger partial charge on any atom is 0.253 e. The van der Waals surface area contributed by atoms with Gasteiger partial charge in [-0.2, -0.15) is 0 Å². The van der Waals surface area contributed by atoms with Crippen molar-refractivity contribution >= 4 is 11.9 Å². The van der Waals surface area contributed by atoms with Crippen molar-refractivity contribution in [3.8, 4) is 0 Å². The van der Waals surface area contributed by atoms with Gasteiger partial charge in [-0.15, -0.1) is 0 Å². The summed E-state index contributed by atoms with van der Waals surface area (Å²) in [5.74, 6) is 0.806. The standard InChI is InChI=1S/C23H32N4O/c1-23(2,20-12-7-6-8-13-20)17-26-22(24-3)25-15-14-18-10-9-11-19(16-18)21(28)27(4)5/h6-13,16H,14-15,17H2,1-5H3,(H2,24,25,26). The minimum absolute atomic E-state index is 0.000246. The molecule has 0 fully saturated rings. The molecule has 1 amide bonds. The molecule has 0 spiro atoms. The lowest BCUT2D eigenvalue weighted by molar-refractivity contribution is 0.0827. The lowest BCUT2D eigenvalue weighted by Gasteiger charge is -2.26. The van der Waals surface area contributed by atoms with Gasteiger partial charge in [-0.25, -0.2) is 0 Å². The van der Waals surface area contributed by atoms with Crippen LogP contribution in [0.25, 0.3) is 0 Å². The van der Waals surface area contributed by atoms with E-state index in [4.69, 9.17) is 0 Å². The van der Waals surface area contributed by atoms with E-state index in [2.05, 4.69) is 53.7 Å². The molecule has 0 radical (unpaired) electrons. The summed E-state index contributed by atoms with van der Waals surface area (Å²) in [5, 5.41) is 6.77. The molecule has 28 heavy (non-hydrogen) atoms. The van der Waals surface area contributed by atoms with Crippen LogP contribution in [-0.4, -0.2) is 51.0 Å². The zero-order chi connectivity index (χ0) is 20.6. The molecule has 2 N–H and O–H groups in total. The number of nitrogens with one attached hydrogen (secondary N) is 2. The van der Waals surface area contributed by atoms with Crippen LogP contribution in [-0.2, 0) is 11.8 Å². The Labute approximate surface area is 168 Å². The first-order valence-electron chi connectivity index (χ1n) is 9.64. The molecule has 0 aliphatic heterocycles. The van der Waals surface area contributed by atoms with Crippen LogP contribution in [0, 0.1) is 0 Å². The topological polar surface area (TPSA) is 56.7 Å². The van der Waals surface area contributed by atoms with Crippen LogP contribution < -0.4 is 10.6 Å². The quantitative estimate of drug-likeness (QED) is 0.573. The van der Waals surface area contributed by atoms with Crippen LogP contribution in [0.2, 0.25) is 0 Å². The van der Waals surface area contributed by atoms with Crippen molar-refractivity contribution in [2.75, 3.05) is 34.2 Å². The molecular weight excluding hydrogens is 348 g/mol. The zero-order valence-corrected chi connectivity index (χ0v) is 17.6. The number of hydrogen-bond donors (Lipinski definition) is 2. The smallest absolute Gasteiger partial charge is 0.253 e. The number of rotatable bonds is 7. The number of nitrogens with zero attached hydrogens (tertiary/aromatic N) is 2. The van der Waals surface area contributed by atoms with E-state index in [1.54, 1.807) is 26.0 Å². The monoisotopic (exact) mass is 380 g/mol. The Kier molecular flexibility index (Phi) is 7.61. The summed E-state index contributed by atoms with van der Waals surface area (Å²) in [4.78, 5) is 18.0. The van der Waals surface area contributed by atoms with E-state index < -0.39 is 0 Å². The molecule has 0 heterocycles. The molecule has 5 heteroatoms. The third-order valence-electron chi connectivity index (χ3n) is 4.76. The van der Waals surface area contributed by atoms with Gasteiger partial charge in [0.15, 0.2) is 5.96 Å². The number of guanidine groups is 1. The van der Waals surface area contributed by atoms with Crippen molar-refractivity contribution in [2.45, 2.75) is 25.7 Å². The van der Waals surface area contributed by atoms with Crippen molar-refractivity contribution in [2.24, 2.45) is 4.99 Å². The number of amides is 1. The fourth-order valence-corrected chi connectivity index (χ4v) is 2.96. The Morgan fingerprint density at radius 3 is 2.39 bits per heavy atom. The molecule has 0 aromatic heterocycles. The van der Waals surface area contributed by atoms with Crippen molar-refractivity contribution in [3.05, 3.63) is 71.3 Å². The van der Waals surface area contributed by atoms with Crippen LogP contribution >= 0.6 is 0 Å². The molecule has 2 aromatic carbocycles. The molecule has 0 aliphatic rings. The van der Waals surface area contributed by atoms with Crippen molar-refractivity contribution in [3.63, 3.8) is 0 Å². The van der Waals surface area contributed by atoms with Gasteiger partial charge >= 0.3 is 0 Å².